The van der Waals surface area contributed by atoms with Crippen molar-refractivity contribution in [1.82, 2.24) is 0 Å². The van der Waals surface area contributed by atoms with E-state index in [1.165, 1.54) is 36.4 Å². The number of hydrogen-bond acceptors (Lipinski definition) is 4. The lowest BCUT2D eigenvalue weighted by Crippen LogP contribution is -2.36. The number of carbonyl (C=O) groups excluding carboxylic acids is 1. The van der Waals surface area contributed by atoms with Gasteiger partial charge in [0.15, 0.2) is 0 Å². The van der Waals surface area contributed by atoms with E-state index in [-0.39, 0.29) is 22.2 Å². The van der Waals surface area contributed by atoms with Gasteiger partial charge in [-0.1, -0.05) is 17.7 Å². The van der Waals surface area contributed by atoms with Crippen molar-refractivity contribution in [3.05, 3.63) is 59.4 Å². The van der Waals surface area contributed by atoms with Crippen molar-refractivity contribution in [2.75, 3.05) is 17.5 Å². The zero-order valence-electron chi connectivity index (χ0n) is 12.8. The number of hydrogen-bond donors (Lipinski definition) is 0. The third-order valence-corrected chi connectivity index (χ3v) is 5.08. The molecule has 0 aliphatic heterocycles. The fourth-order valence-electron chi connectivity index (χ4n) is 2.00. The molecule has 24 heavy (non-hydrogen) atoms. The molecular weight excluding hydrogens is 357 g/mol. The molecule has 0 atom stereocenters. The molecule has 0 saturated carbocycles. The number of anilines is 1. The molecule has 0 saturated heterocycles. The summed E-state index contributed by atoms with van der Waals surface area (Å²) in [6.45, 7) is 1.20. The predicted molar refractivity (Wildman–Crippen MR) is 89.0 cm³/mol. The highest BCUT2D eigenvalue weighted by Gasteiger charge is 2.28. The number of benzene rings is 2. The Bertz CT molecular complexity index is 824. The van der Waals surface area contributed by atoms with E-state index in [2.05, 4.69) is 0 Å². The van der Waals surface area contributed by atoms with Gasteiger partial charge in [0.25, 0.3) is 10.0 Å². The molecule has 0 aliphatic rings. The molecule has 0 unspecified atom stereocenters. The summed E-state index contributed by atoms with van der Waals surface area (Å²) in [7, 11) is -4.08. The summed E-state index contributed by atoms with van der Waals surface area (Å²) >= 11 is 5.85. The Morgan fingerprint density at radius 1 is 1.21 bits per heavy atom. The van der Waals surface area contributed by atoms with E-state index in [1.54, 1.807) is 6.92 Å². The van der Waals surface area contributed by atoms with Gasteiger partial charge in [-0.3, -0.25) is 9.10 Å². The van der Waals surface area contributed by atoms with Gasteiger partial charge in [-0.05, 0) is 49.4 Å². The third-order valence-electron chi connectivity index (χ3n) is 3.08. The summed E-state index contributed by atoms with van der Waals surface area (Å²) in [5, 5.41) is 0.242. The number of esters is 1. The number of sulfonamides is 1. The second-order valence-corrected chi connectivity index (χ2v) is 7.05. The molecule has 0 heterocycles. The molecule has 0 fully saturated rings. The summed E-state index contributed by atoms with van der Waals surface area (Å²) in [6.07, 6.45) is 0. The minimum Gasteiger partial charge on any atom is -0.465 e. The molecule has 2 rings (SSSR count). The largest absolute Gasteiger partial charge is 0.465 e. The second-order valence-electron chi connectivity index (χ2n) is 4.75. The van der Waals surface area contributed by atoms with E-state index in [9.17, 15) is 17.6 Å². The quantitative estimate of drug-likeness (QED) is 0.731. The van der Waals surface area contributed by atoms with Crippen LogP contribution in [0.2, 0.25) is 5.02 Å². The Balaban J connectivity index is 2.48. The van der Waals surface area contributed by atoms with E-state index >= 15 is 0 Å². The highest BCUT2D eigenvalue weighted by atomic mass is 35.5. The second kappa shape index (κ2) is 7.63. The predicted octanol–water partition coefficient (Wildman–Crippen LogP) is 3.24. The lowest BCUT2D eigenvalue weighted by molar-refractivity contribution is -0.141. The molecule has 128 valence electrons. The van der Waals surface area contributed by atoms with E-state index in [1.807, 2.05) is 0 Å². The number of ether oxygens (including phenoxy) is 1. The number of rotatable bonds is 6. The smallest absolute Gasteiger partial charge is 0.326 e. The zero-order valence-corrected chi connectivity index (χ0v) is 14.3. The first-order valence-corrected chi connectivity index (χ1v) is 8.86. The maximum Gasteiger partial charge on any atom is 0.326 e. The zero-order chi connectivity index (χ0) is 17.7. The monoisotopic (exact) mass is 371 g/mol. The summed E-state index contributed by atoms with van der Waals surface area (Å²) in [6, 6.07) is 10.4. The molecule has 0 aromatic heterocycles. The van der Waals surface area contributed by atoms with Crippen LogP contribution in [0.5, 0.6) is 0 Å². The highest BCUT2D eigenvalue weighted by Crippen LogP contribution is 2.25. The van der Waals surface area contributed by atoms with Crippen molar-refractivity contribution in [2.45, 2.75) is 11.8 Å². The van der Waals surface area contributed by atoms with Gasteiger partial charge in [-0.25, -0.2) is 12.8 Å². The molecule has 0 spiro atoms. The van der Waals surface area contributed by atoms with Crippen LogP contribution in [0.15, 0.2) is 53.4 Å². The van der Waals surface area contributed by atoms with Gasteiger partial charge in [0.2, 0.25) is 0 Å². The lowest BCUT2D eigenvalue weighted by Gasteiger charge is -2.23. The van der Waals surface area contributed by atoms with Crippen molar-refractivity contribution in [3.63, 3.8) is 0 Å². The molecule has 0 radical (unpaired) electrons. The van der Waals surface area contributed by atoms with Gasteiger partial charge in [0.05, 0.1) is 17.2 Å². The first-order valence-electron chi connectivity index (χ1n) is 7.04. The Labute approximate surface area is 144 Å². The molecule has 2 aromatic rings. The van der Waals surface area contributed by atoms with Crippen LogP contribution < -0.4 is 4.31 Å². The van der Waals surface area contributed by atoms with Crippen molar-refractivity contribution in [2.24, 2.45) is 0 Å². The summed E-state index contributed by atoms with van der Waals surface area (Å²) in [5.41, 5.74) is 0.143. The fraction of sp³-hybridized carbons (Fsp3) is 0.188. The summed E-state index contributed by atoms with van der Waals surface area (Å²) < 4.78 is 44.6. The van der Waals surface area contributed by atoms with E-state index in [0.717, 1.165) is 16.4 Å². The van der Waals surface area contributed by atoms with E-state index < -0.39 is 28.4 Å². The van der Waals surface area contributed by atoms with Crippen LogP contribution in [0.4, 0.5) is 10.1 Å². The normalized spacial score (nSPS) is 11.1. The fourth-order valence-corrected chi connectivity index (χ4v) is 3.71. The average molecular weight is 372 g/mol. The summed E-state index contributed by atoms with van der Waals surface area (Å²) in [5.74, 6) is -1.23. The topological polar surface area (TPSA) is 63.7 Å². The van der Waals surface area contributed by atoms with Gasteiger partial charge in [-0.15, -0.1) is 0 Å². The van der Waals surface area contributed by atoms with Crippen LogP contribution in [0, 0.1) is 5.82 Å². The maximum atomic E-state index is 13.1. The van der Waals surface area contributed by atoms with Gasteiger partial charge in [0.1, 0.15) is 12.4 Å². The first kappa shape index (κ1) is 18.2. The minimum atomic E-state index is -4.08. The van der Waals surface area contributed by atoms with Gasteiger partial charge in [0, 0.05) is 5.02 Å². The standard InChI is InChI=1S/C16H15ClFNO4S/c1-2-23-16(20)11-19(14-8-6-13(18)7-9-14)24(21,22)15-5-3-4-12(17)10-15/h3-10H,2,11H2,1H3. The molecule has 2 aromatic carbocycles. The van der Waals surface area contributed by atoms with Crippen LogP contribution in [-0.4, -0.2) is 27.5 Å². The first-order chi connectivity index (χ1) is 11.3. The average Bonchev–Trinajstić information content (AvgIpc) is 2.54. The van der Waals surface area contributed by atoms with Gasteiger partial charge in [-0.2, -0.15) is 0 Å². The molecule has 0 bridgehead atoms. The van der Waals surface area contributed by atoms with Gasteiger partial charge < -0.3 is 4.74 Å². The minimum absolute atomic E-state index is 0.0800. The SMILES string of the molecule is CCOC(=O)CN(c1ccc(F)cc1)S(=O)(=O)c1cccc(Cl)c1. The van der Waals surface area contributed by atoms with Crippen LogP contribution in [0.25, 0.3) is 0 Å². The molecule has 5 nitrogen and oxygen atoms in total. The van der Waals surface area contributed by atoms with Crippen molar-refractivity contribution >= 4 is 33.3 Å². The Morgan fingerprint density at radius 3 is 2.46 bits per heavy atom. The Morgan fingerprint density at radius 2 is 1.88 bits per heavy atom. The third kappa shape index (κ3) is 4.24. The number of carbonyl (C=O) groups is 1. The van der Waals surface area contributed by atoms with Crippen LogP contribution in [-0.2, 0) is 19.6 Å². The van der Waals surface area contributed by atoms with Crippen LogP contribution in [0.3, 0.4) is 0 Å². The summed E-state index contributed by atoms with van der Waals surface area (Å²) in [4.78, 5) is 11.7. The lowest BCUT2D eigenvalue weighted by atomic mass is 10.3. The van der Waals surface area contributed by atoms with E-state index in [0.29, 0.717) is 0 Å². The Hall–Kier alpha value is -2.12. The van der Waals surface area contributed by atoms with Crippen molar-refractivity contribution in [1.29, 1.82) is 0 Å². The van der Waals surface area contributed by atoms with Crippen molar-refractivity contribution in [3.8, 4) is 0 Å². The highest BCUT2D eigenvalue weighted by molar-refractivity contribution is 7.92. The molecule has 0 aliphatic carbocycles. The maximum absolute atomic E-state index is 13.1. The van der Waals surface area contributed by atoms with Crippen molar-refractivity contribution < 1.29 is 22.3 Å². The molecular formula is C16H15ClFNO4S. The molecule has 8 heteroatoms. The van der Waals surface area contributed by atoms with Crippen LogP contribution in [0.1, 0.15) is 6.92 Å². The van der Waals surface area contributed by atoms with Crippen LogP contribution >= 0.6 is 11.6 Å². The van der Waals surface area contributed by atoms with Gasteiger partial charge >= 0.3 is 5.97 Å². The van der Waals surface area contributed by atoms with E-state index in [4.69, 9.17) is 16.3 Å². The number of nitrogens with zero attached hydrogens (tertiary/aromatic N) is 1. The molecule has 0 N–H and O–H groups in total. The number of halogens is 2. The molecule has 0 amide bonds. The Kier molecular flexibility index (Phi) is 5.80.